The van der Waals surface area contributed by atoms with Gasteiger partial charge in [-0.25, -0.2) is 0 Å². The first kappa shape index (κ1) is 16.3. The Bertz CT molecular complexity index is 842. The van der Waals surface area contributed by atoms with E-state index in [2.05, 4.69) is 59.4 Å². The molecule has 1 aromatic heterocycles. The predicted octanol–water partition coefficient (Wildman–Crippen LogP) is 5.22. The lowest BCUT2D eigenvalue weighted by molar-refractivity contribution is 0.205. The minimum absolute atomic E-state index is 0.290. The van der Waals surface area contributed by atoms with E-state index in [0.717, 1.165) is 31.0 Å². The average Bonchev–Trinajstić information content (AvgIpc) is 3.30. The second-order valence-electron chi connectivity index (χ2n) is 6.92. The van der Waals surface area contributed by atoms with Crippen molar-refractivity contribution in [2.45, 2.75) is 45.1 Å². The quantitative estimate of drug-likeness (QED) is 0.579. The van der Waals surface area contributed by atoms with Gasteiger partial charge in [0.1, 0.15) is 0 Å². The van der Waals surface area contributed by atoms with E-state index in [4.69, 9.17) is 9.51 Å². The van der Waals surface area contributed by atoms with Crippen LogP contribution in [0.4, 0.5) is 0 Å². The molecule has 0 unspecified atom stereocenters. The van der Waals surface area contributed by atoms with Gasteiger partial charge < -0.3 is 4.52 Å². The minimum atomic E-state index is 0.290. The number of hydrogen-bond donors (Lipinski definition) is 0. The topological polar surface area (TPSA) is 42.2 Å². The molecule has 0 amide bonds. The Morgan fingerprint density at radius 2 is 2.00 bits per heavy atom. The fraction of sp³-hybridized carbons (Fsp3) is 0.429. The first-order valence-corrected chi connectivity index (χ1v) is 9.42. The Labute approximate surface area is 148 Å². The smallest absolute Gasteiger partial charge is 0.244 e. The SMILES string of the molecule is CCCCCN1CCC[C@H]1c1nc(-c2ccc3ccccc3c2)no1. The van der Waals surface area contributed by atoms with Crippen LogP contribution in [0.3, 0.4) is 0 Å². The summed E-state index contributed by atoms with van der Waals surface area (Å²) < 4.78 is 5.65. The van der Waals surface area contributed by atoms with Gasteiger partial charge in [0.05, 0.1) is 6.04 Å². The Hall–Kier alpha value is -2.20. The van der Waals surface area contributed by atoms with Crippen LogP contribution in [0.2, 0.25) is 0 Å². The van der Waals surface area contributed by atoms with Crippen LogP contribution in [-0.4, -0.2) is 28.1 Å². The lowest BCUT2D eigenvalue weighted by Crippen LogP contribution is -2.24. The molecule has 0 saturated carbocycles. The van der Waals surface area contributed by atoms with Gasteiger partial charge in [-0.1, -0.05) is 61.3 Å². The molecule has 2 aromatic carbocycles. The number of aromatic nitrogens is 2. The van der Waals surface area contributed by atoms with Crippen molar-refractivity contribution >= 4 is 10.8 Å². The Balaban J connectivity index is 1.54. The second kappa shape index (κ2) is 7.36. The highest BCUT2D eigenvalue weighted by Crippen LogP contribution is 2.32. The van der Waals surface area contributed by atoms with E-state index in [0.29, 0.717) is 11.9 Å². The van der Waals surface area contributed by atoms with Gasteiger partial charge >= 0.3 is 0 Å². The maximum Gasteiger partial charge on any atom is 0.244 e. The maximum absolute atomic E-state index is 5.65. The molecule has 0 spiro atoms. The lowest BCUT2D eigenvalue weighted by Gasteiger charge is -2.21. The zero-order valence-corrected chi connectivity index (χ0v) is 14.8. The number of nitrogens with zero attached hydrogens (tertiary/aromatic N) is 3. The first-order valence-electron chi connectivity index (χ1n) is 9.42. The summed E-state index contributed by atoms with van der Waals surface area (Å²) in [6.45, 7) is 4.52. The molecule has 0 aliphatic carbocycles. The molecule has 3 aromatic rings. The van der Waals surface area contributed by atoms with Crippen molar-refractivity contribution in [2.24, 2.45) is 0 Å². The van der Waals surface area contributed by atoms with Gasteiger partial charge in [0.2, 0.25) is 11.7 Å². The van der Waals surface area contributed by atoms with Crippen LogP contribution in [0.15, 0.2) is 47.0 Å². The molecule has 4 heteroatoms. The van der Waals surface area contributed by atoms with E-state index >= 15 is 0 Å². The van der Waals surface area contributed by atoms with E-state index in [1.54, 1.807) is 0 Å². The molecule has 2 heterocycles. The highest BCUT2D eigenvalue weighted by Gasteiger charge is 2.30. The van der Waals surface area contributed by atoms with Crippen LogP contribution in [0.5, 0.6) is 0 Å². The van der Waals surface area contributed by atoms with Gasteiger partial charge in [0, 0.05) is 5.56 Å². The molecule has 4 rings (SSSR count). The largest absolute Gasteiger partial charge is 0.337 e. The van der Waals surface area contributed by atoms with E-state index in [-0.39, 0.29) is 0 Å². The molecule has 4 nitrogen and oxygen atoms in total. The van der Waals surface area contributed by atoms with E-state index < -0.39 is 0 Å². The van der Waals surface area contributed by atoms with Gasteiger partial charge in [-0.3, -0.25) is 4.90 Å². The fourth-order valence-electron chi connectivity index (χ4n) is 3.75. The molecule has 1 fully saturated rings. The van der Waals surface area contributed by atoms with Crippen molar-refractivity contribution in [3.8, 4) is 11.4 Å². The molecule has 0 radical (unpaired) electrons. The van der Waals surface area contributed by atoms with Crippen LogP contribution in [0.25, 0.3) is 22.2 Å². The van der Waals surface area contributed by atoms with Crippen LogP contribution in [-0.2, 0) is 0 Å². The normalized spacial score (nSPS) is 18.2. The molecule has 1 saturated heterocycles. The monoisotopic (exact) mass is 335 g/mol. The summed E-state index contributed by atoms with van der Waals surface area (Å²) in [6.07, 6.45) is 6.12. The molecule has 25 heavy (non-hydrogen) atoms. The molecule has 0 bridgehead atoms. The van der Waals surface area contributed by atoms with Crippen LogP contribution >= 0.6 is 0 Å². The summed E-state index contributed by atoms with van der Waals surface area (Å²) in [5, 5.41) is 6.69. The van der Waals surface area contributed by atoms with Gasteiger partial charge in [-0.05, 0) is 49.2 Å². The van der Waals surface area contributed by atoms with Gasteiger partial charge in [0.15, 0.2) is 0 Å². The molecule has 130 valence electrons. The van der Waals surface area contributed by atoms with Gasteiger partial charge in [-0.2, -0.15) is 4.98 Å². The number of unbranched alkanes of at least 4 members (excludes halogenated alkanes) is 2. The third-order valence-electron chi connectivity index (χ3n) is 5.15. The molecule has 1 atom stereocenters. The third-order valence-corrected chi connectivity index (χ3v) is 5.15. The molecular formula is C21H25N3O. The summed E-state index contributed by atoms with van der Waals surface area (Å²) in [5.41, 5.74) is 1.02. The van der Waals surface area contributed by atoms with Crippen molar-refractivity contribution in [1.29, 1.82) is 0 Å². The fourth-order valence-corrected chi connectivity index (χ4v) is 3.75. The van der Waals surface area contributed by atoms with Crippen molar-refractivity contribution < 1.29 is 4.52 Å². The Morgan fingerprint density at radius 3 is 2.88 bits per heavy atom. The third kappa shape index (κ3) is 3.45. The van der Waals surface area contributed by atoms with Crippen LogP contribution in [0.1, 0.15) is 51.0 Å². The second-order valence-corrected chi connectivity index (χ2v) is 6.92. The number of hydrogen-bond acceptors (Lipinski definition) is 4. The summed E-state index contributed by atoms with van der Waals surface area (Å²) in [4.78, 5) is 7.24. The van der Waals surface area contributed by atoms with Gasteiger partial charge in [-0.15, -0.1) is 0 Å². The van der Waals surface area contributed by atoms with Crippen LogP contribution < -0.4 is 0 Å². The van der Waals surface area contributed by atoms with Crippen molar-refractivity contribution in [3.05, 3.63) is 48.4 Å². The standard InChI is InChI=1S/C21H25N3O/c1-2-3-6-13-24-14-7-10-19(24)21-22-20(23-25-21)18-12-11-16-8-4-5-9-17(16)15-18/h4-5,8-9,11-12,15,19H,2-3,6-7,10,13-14H2,1H3/t19-/m0/s1. The summed E-state index contributed by atoms with van der Waals surface area (Å²) in [6, 6.07) is 15.0. The maximum atomic E-state index is 5.65. The summed E-state index contributed by atoms with van der Waals surface area (Å²) in [7, 11) is 0. The van der Waals surface area contributed by atoms with E-state index in [9.17, 15) is 0 Å². The van der Waals surface area contributed by atoms with Gasteiger partial charge in [0.25, 0.3) is 0 Å². The summed E-state index contributed by atoms with van der Waals surface area (Å²) in [5.74, 6) is 1.47. The lowest BCUT2D eigenvalue weighted by atomic mass is 10.1. The highest BCUT2D eigenvalue weighted by molar-refractivity contribution is 5.86. The van der Waals surface area contributed by atoms with Crippen LogP contribution in [0, 0.1) is 0 Å². The van der Waals surface area contributed by atoms with Crippen molar-refractivity contribution in [2.75, 3.05) is 13.1 Å². The van der Waals surface area contributed by atoms with Crippen molar-refractivity contribution in [1.82, 2.24) is 15.0 Å². The minimum Gasteiger partial charge on any atom is -0.337 e. The predicted molar refractivity (Wildman–Crippen MR) is 100 cm³/mol. The zero-order valence-electron chi connectivity index (χ0n) is 14.8. The zero-order chi connectivity index (χ0) is 17.1. The number of benzene rings is 2. The highest BCUT2D eigenvalue weighted by atomic mass is 16.5. The van der Waals surface area contributed by atoms with Crippen molar-refractivity contribution in [3.63, 3.8) is 0 Å². The molecule has 1 aliphatic heterocycles. The number of fused-ring (bicyclic) bond motifs is 1. The first-order chi connectivity index (χ1) is 12.3. The Kier molecular flexibility index (Phi) is 4.79. The molecule has 0 N–H and O–H groups in total. The Morgan fingerprint density at radius 1 is 1.12 bits per heavy atom. The average molecular weight is 335 g/mol. The number of likely N-dealkylation sites (tertiary alicyclic amines) is 1. The molecular weight excluding hydrogens is 310 g/mol. The van der Waals surface area contributed by atoms with E-state index in [1.165, 1.54) is 36.5 Å². The van der Waals surface area contributed by atoms with E-state index in [1.807, 2.05) is 0 Å². The molecule has 1 aliphatic rings. The number of rotatable bonds is 6. The summed E-state index contributed by atoms with van der Waals surface area (Å²) >= 11 is 0.